The van der Waals surface area contributed by atoms with Crippen molar-refractivity contribution in [3.05, 3.63) is 0 Å². The minimum absolute atomic E-state index is 0.796. The topological polar surface area (TPSA) is 21.3 Å². The highest BCUT2D eigenvalue weighted by Crippen LogP contribution is 1.96. The van der Waals surface area contributed by atoms with Crippen molar-refractivity contribution in [1.82, 2.24) is 5.32 Å². The summed E-state index contributed by atoms with van der Waals surface area (Å²) in [5.41, 5.74) is 0. The van der Waals surface area contributed by atoms with Gasteiger partial charge in [-0.25, -0.2) is 0 Å². The third-order valence-corrected chi connectivity index (χ3v) is 1.66. The molecule has 0 saturated carbocycles. The highest BCUT2D eigenvalue weighted by atomic mass is 16.5. The van der Waals surface area contributed by atoms with Gasteiger partial charge in [0.05, 0.1) is 6.61 Å². The minimum atomic E-state index is 0.796. The third kappa shape index (κ3) is 9.48. The van der Waals surface area contributed by atoms with Crippen LogP contribution in [0.2, 0.25) is 0 Å². The number of hydrogen-bond donors (Lipinski definition) is 1. The average Bonchev–Trinajstić information content (AvgIpc) is 2.10. The Morgan fingerprint density at radius 1 is 1.25 bits per heavy atom. The molecular formula is C10H19NO. The average molecular weight is 169 g/mol. The van der Waals surface area contributed by atoms with Gasteiger partial charge in [-0.2, -0.15) is 0 Å². The largest absolute Gasteiger partial charge is 0.383 e. The number of nitrogens with one attached hydrogen (secondary N) is 1. The predicted octanol–water partition coefficient (Wildman–Crippen LogP) is 1.42. The van der Waals surface area contributed by atoms with E-state index >= 15 is 0 Å². The first kappa shape index (κ1) is 11.5. The van der Waals surface area contributed by atoms with Crippen molar-refractivity contribution in [2.75, 3.05) is 26.8 Å². The molecule has 0 bridgehead atoms. The summed E-state index contributed by atoms with van der Waals surface area (Å²) in [5, 5.41) is 3.29. The van der Waals surface area contributed by atoms with Crippen molar-refractivity contribution in [3.63, 3.8) is 0 Å². The summed E-state index contributed by atoms with van der Waals surface area (Å²) in [6.07, 6.45) is 9.64. The molecule has 0 atom stereocenters. The van der Waals surface area contributed by atoms with Gasteiger partial charge in [0.15, 0.2) is 0 Å². The maximum Gasteiger partial charge on any atom is 0.0587 e. The second-order valence-electron chi connectivity index (χ2n) is 2.76. The van der Waals surface area contributed by atoms with Gasteiger partial charge in [0.1, 0.15) is 0 Å². The maximum atomic E-state index is 5.13. The molecule has 0 fully saturated rings. The smallest absolute Gasteiger partial charge is 0.0587 e. The highest BCUT2D eigenvalue weighted by molar-refractivity contribution is 4.82. The van der Waals surface area contributed by atoms with Crippen LogP contribution in [0.5, 0.6) is 0 Å². The Balaban J connectivity index is 2.78. The molecule has 12 heavy (non-hydrogen) atoms. The SMILES string of the molecule is C#CCCCCCNCCOC. The molecule has 0 aliphatic heterocycles. The normalized spacial score (nSPS) is 9.67. The molecule has 0 aliphatic rings. The quantitative estimate of drug-likeness (QED) is 0.438. The van der Waals surface area contributed by atoms with E-state index in [1.165, 1.54) is 12.8 Å². The van der Waals surface area contributed by atoms with E-state index in [4.69, 9.17) is 11.2 Å². The molecule has 1 N–H and O–H groups in total. The molecule has 0 aliphatic carbocycles. The number of methoxy groups -OCH3 is 1. The van der Waals surface area contributed by atoms with E-state index in [0.717, 1.165) is 32.5 Å². The molecule has 0 amide bonds. The number of rotatable bonds is 8. The van der Waals surface area contributed by atoms with Crippen LogP contribution in [0.1, 0.15) is 25.7 Å². The molecule has 0 unspecified atom stereocenters. The summed E-state index contributed by atoms with van der Waals surface area (Å²) in [7, 11) is 1.72. The van der Waals surface area contributed by atoms with Crippen molar-refractivity contribution >= 4 is 0 Å². The Labute approximate surface area is 75.7 Å². The Morgan fingerprint density at radius 3 is 2.75 bits per heavy atom. The fraction of sp³-hybridized carbons (Fsp3) is 0.800. The zero-order valence-electron chi connectivity index (χ0n) is 7.94. The summed E-state index contributed by atoms with van der Waals surface area (Å²) < 4.78 is 4.90. The fourth-order valence-electron chi connectivity index (χ4n) is 0.953. The minimum Gasteiger partial charge on any atom is -0.383 e. The number of hydrogen-bond acceptors (Lipinski definition) is 2. The van der Waals surface area contributed by atoms with E-state index in [-0.39, 0.29) is 0 Å². The molecule has 2 nitrogen and oxygen atoms in total. The molecule has 2 heteroatoms. The molecular weight excluding hydrogens is 150 g/mol. The van der Waals surface area contributed by atoms with Crippen molar-refractivity contribution in [1.29, 1.82) is 0 Å². The second kappa shape index (κ2) is 10.5. The molecule has 0 radical (unpaired) electrons. The van der Waals surface area contributed by atoms with E-state index in [9.17, 15) is 0 Å². The van der Waals surface area contributed by atoms with Crippen LogP contribution >= 0.6 is 0 Å². The lowest BCUT2D eigenvalue weighted by Gasteiger charge is -2.02. The van der Waals surface area contributed by atoms with Gasteiger partial charge < -0.3 is 10.1 Å². The zero-order chi connectivity index (χ0) is 9.07. The first-order chi connectivity index (χ1) is 5.91. The van der Waals surface area contributed by atoms with Crippen LogP contribution in [0.15, 0.2) is 0 Å². The number of terminal acetylenes is 1. The van der Waals surface area contributed by atoms with Gasteiger partial charge >= 0.3 is 0 Å². The van der Waals surface area contributed by atoms with Crippen LogP contribution in [0.4, 0.5) is 0 Å². The molecule has 0 spiro atoms. The van der Waals surface area contributed by atoms with Gasteiger partial charge in [0.2, 0.25) is 0 Å². The Morgan fingerprint density at radius 2 is 2.08 bits per heavy atom. The lowest BCUT2D eigenvalue weighted by molar-refractivity contribution is 0.199. The van der Waals surface area contributed by atoms with Gasteiger partial charge in [-0.3, -0.25) is 0 Å². The summed E-state index contributed by atoms with van der Waals surface area (Å²) in [6.45, 7) is 2.82. The lowest BCUT2D eigenvalue weighted by Crippen LogP contribution is -2.20. The molecule has 0 aromatic rings. The van der Waals surface area contributed by atoms with Gasteiger partial charge in [-0.1, -0.05) is 6.42 Å². The first-order valence-electron chi connectivity index (χ1n) is 4.55. The van der Waals surface area contributed by atoms with Gasteiger partial charge in [0.25, 0.3) is 0 Å². The summed E-state index contributed by atoms with van der Waals surface area (Å²) >= 11 is 0. The van der Waals surface area contributed by atoms with Crippen molar-refractivity contribution in [2.45, 2.75) is 25.7 Å². The highest BCUT2D eigenvalue weighted by Gasteiger charge is 1.88. The van der Waals surface area contributed by atoms with Crippen LogP contribution in [0, 0.1) is 12.3 Å². The first-order valence-corrected chi connectivity index (χ1v) is 4.55. The Kier molecular flexibility index (Phi) is 10.0. The second-order valence-corrected chi connectivity index (χ2v) is 2.76. The van der Waals surface area contributed by atoms with Gasteiger partial charge in [0, 0.05) is 20.1 Å². The van der Waals surface area contributed by atoms with E-state index in [1.807, 2.05) is 0 Å². The number of ether oxygens (including phenoxy) is 1. The third-order valence-electron chi connectivity index (χ3n) is 1.66. The van der Waals surface area contributed by atoms with Gasteiger partial charge in [-0.05, 0) is 19.4 Å². The van der Waals surface area contributed by atoms with Crippen molar-refractivity contribution in [2.24, 2.45) is 0 Å². The summed E-state index contributed by atoms with van der Waals surface area (Å²) in [4.78, 5) is 0. The zero-order valence-corrected chi connectivity index (χ0v) is 7.94. The standard InChI is InChI=1S/C10H19NO/c1-3-4-5-6-7-8-11-9-10-12-2/h1,11H,4-10H2,2H3. The molecule has 0 saturated heterocycles. The van der Waals surface area contributed by atoms with E-state index < -0.39 is 0 Å². The van der Waals surface area contributed by atoms with Crippen LogP contribution in [-0.2, 0) is 4.74 Å². The molecule has 0 rings (SSSR count). The molecule has 0 aromatic heterocycles. The van der Waals surface area contributed by atoms with E-state index in [0.29, 0.717) is 0 Å². The Bertz CT molecular complexity index is 117. The van der Waals surface area contributed by atoms with Gasteiger partial charge in [-0.15, -0.1) is 12.3 Å². The van der Waals surface area contributed by atoms with Crippen LogP contribution in [-0.4, -0.2) is 26.8 Å². The van der Waals surface area contributed by atoms with Crippen LogP contribution in [0.25, 0.3) is 0 Å². The lowest BCUT2D eigenvalue weighted by atomic mass is 10.2. The van der Waals surface area contributed by atoms with Crippen molar-refractivity contribution in [3.8, 4) is 12.3 Å². The van der Waals surface area contributed by atoms with Crippen molar-refractivity contribution < 1.29 is 4.74 Å². The molecule has 70 valence electrons. The monoisotopic (exact) mass is 169 g/mol. The number of unbranched alkanes of at least 4 members (excludes halogenated alkanes) is 3. The van der Waals surface area contributed by atoms with Crippen LogP contribution < -0.4 is 5.32 Å². The fourth-order valence-corrected chi connectivity index (χ4v) is 0.953. The summed E-state index contributed by atoms with van der Waals surface area (Å²) in [5.74, 6) is 2.64. The maximum absolute atomic E-state index is 5.13. The summed E-state index contributed by atoms with van der Waals surface area (Å²) in [6, 6.07) is 0. The van der Waals surface area contributed by atoms with Crippen LogP contribution in [0.3, 0.4) is 0 Å². The molecule has 0 heterocycles. The van der Waals surface area contributed by atoms with E-state index in [1.54, 1.807) is 7.11 Å². The van der Waals surface area contributed by atoms with E-state index in [2.05, 4.69) is 11.2 Å². The predicted molar refractivity (Wildman–Crippen MR) is 52.0 cm³/mol. The molecule has 0 aromatic carbocycles. The Hall–Kier alpha value is -0.520.